The van der Waals surface area contributed by atoms with Crippen molar-refractivity contribution in [2.45, 2.75) is 6.92 Å². The Hall–Kier alpha value is -3.39. The molecule has 0 fully saturated rings. The summed E-state index contributed by atoms with van der Waals surface area (Å²) in [5.41, 5.74) is 10.0. The predicted molar refractivity (Wildman–Crippen MR) is 93.6 cm³/mol. The van der Waals surface area contributed by atoms with Crippen molar-refractivity contribution in [3.05, 3.63) is 60.0 Å². The molecule has 8 heteroatoms. The van der Waals surface area contributed by atoms with Gasteiger partial charge in [-0.25, -0.2) is 0 Å². The Kier molecular flexibility index (Phi) is 5.48. The lowest BCUT2D eigenvalue weighted by atomic mass is 10.2. The first kappa shape index (κ1) is 17.0. The van der Waals surface area contributed by atoms with Crippen LogP contribution in [0.1, 0.15) is 6.92 Å². The molecule has 0 saturated carbocycles. The maximum atomic E-state index is 12.3. The third-order valence-corrected chi connectivity index (χ3v) is 2.98. The third kappa shape index (κ3) is 4.55. The van der Waals surface area contributed by atoms with Crippen LogP contribution >= 0.6 is 0 Å². The van der Waals surface area contributed by atoms with Crippen LogP contribution in [0.5, 0.6) is 0 Å². The normalized spacial score (nSPS) is 11.9. The fraction of sp³-hybridized carbons (Fsp3) is 0.0625. The van der Waals surface area contributed by atoms with E-state index in [4.69, 9.17) is 11.6 Å². The van der Waals surface area contributed by atoms with Gasteiger partial charge in [0.2, 0.25) is 0 Å². The number of carbonyl (C=O) groups excluding carboxylic acids is 1. The van der Waals surface area contributed by atoms with Crippen LogP contribution in [0.3, 0.4) is 0 Å². The number of hydrogen-bond acceptors (Lipinski definition) is 7. The highest BCUT2D eigenvalue weighted by atomic mass is 16.3. The van der Waals surface area contributed by atoms with Gasteiger partial charge >= 0.3 is 0 Å². The van der Waals surface area contributed by atoms with Gasteiger partial charge in [-0.1, -0.05) is 12.1 Å². The van der Waals surface area contributed by atoms with E-state index in [1.165, 1.54) is 6.92 Å². The lowest BCUT2D eigenvalue weighted by Gasteiger charge is -2.07. The van der Waals surface area contributed by atoms with Gasteiger partial charge in [-0.2, -0.15) is 5.11 Å². The summed E-state index contributed by atoms with van der Waals surface area (Å²) in [6.45, 7) is 1.35. The van der Waals surface area contributed by atoms with E-state index in [0.717, 1.165) is 0 Å². The van der Waals surface area contributed by atoms with Crippen molar-refractivity contribution in [3.63, 3.8) is 0 Å². The molecule has 2 aromatic carbocycles. The summed E-state index contributed by atoms with van der Waals surface area (Å²) in [5.74, 6) is 4.47. The molecule has 1 amide bonds. The van der Waals surface area contributed by atoms with Gasteiger partial charge in [-0.15, -0.1) is 5.11 Å². The van der Waals surface area contributed by atoms with Crippen LogP contribution in [0.25, 0.3) is 0 Å². The SMILES string of the molecule is CC(O)=C(N=Nc1cccc(N)c1)C(=O)Nc1cccc(NN)c1. The van der Waals surface area contributed by atoms with Crippen molar-refractivity contribution in [2.24, 2.45) is 16.1 Å². The lowest BCUT2D eigenvalue weighted by Crippen LogP contribution is -2.15. The fourth-order valence-corrected chi connectivity index (χ4v) is 1.85. The molecule has 124 valence electrons. The number of benzene rings is 2. The van der Waals surface area contributed by atoms with Crippen LogP contribution in [-0.4, -0.2) is 11.0 Å². The zero-order chi connectivity index (χ0) is 17.5. The summed E-state index contributed by atoms with van der Waals surface area (Å²) in [7, 11) is 0. The molecule has 0 aliphatic carbocycles. The standard InChI is InChI=1S/C16H18N6O2/c1-10(23)15(22-21-14-7-2-4-11(17)8-14)16(24)19-12-5-3-6-13(9-12)20-18/h2-9,20,23H,17-18H2,1H3,(H,19,24). The molecule has 0 bridgehead atoms. The van der Waals surface area contributed by atoms with E-state index in [-0.39, 0.29) is 11.5 Å². The number of anilines is 3. The number of nitrogens with two attached hydrogens (primary N) is 2. The molecule has 0 saturated heterocycles. The Bertz CT molecular complexity index is 797. The van der Waals surface area contributed by atoms with Gasteiger partial charge in [0, 0.05) is 11.4 Å². The van der Waals surface area contributed by atoms with Gasteiger partial charge < -0.3 is 21.6 Å². The molecular weight excluding hydrogens is 308 g/mol. The number of nitrogen functional groups attached to an aromatic ring is 2. The minimum atomic E-state index is -0.600. The smallest absolute Gasteiger partial charge is 0.279 e. The van der Waals surface area contributed by atoms with Gasteiger partial charge in [-0.05, 0) is 43.3 Å². The number of amides is 1. The third-order valence-electron chi connectivity index (χ3n) is 2.98. The number of nitrogens with one attached hydrogen (secondary N) is 2. The second-order valence-electron chi connectivity index (χ2n) is 4.91. The molecule has 8 nitrogen and oxygen atoms in total. The van der Waals surface area contributed by atoms with E-state index in [1.54, 1.807) is 48.5 Å². The van der Waals surface area contributed by atoms with E-state index in [1.807, 2.05) is 0 Å². The molecule has 7 N–H and O–H groups in total. The summed E-state index contributed by atoms with van der Waals surface area (Å²) in [4.78, 5) is 12.3. The van der Waals surface area contributed by atoms with E-state index < -0.39 is 5.91 Å². The number of rotatable bonds is 5. The highest BCUT2D eigenvalue weighted by molar-refractivity contribution is 6.03. The highest BCUT2D eigenvalue weighted by Gasteiger charge is 2.13. The summed E-state index contributed by atoms with van der Waals surface area (Å²) in [6.07, 6.45) is 0. The van der Waals surface area contributed by atoms with Crippen LogP contribution in [0, 0.1) is 0 Å². The zero-order valence-electron chi connectivity index (χ0n) is 13.0. The molecule has 0 heterocycles. The quantitative estimate of drug-likeness (QED) is 0.143. The Morgan fingerprint density at radius 2 is 1.83 bits per heavy atom. The van der Waals surface area contributed by atoms with Gasteiger partial charge in [0.05, 0.1) is 11.4 Å². The molecule has 0 atom stereocenters. The average Bonchev–Trinajstić information content (AvgIpc) is 2.55. The Labute approximate surface area is 138 Å². The van der Waals surface area contributed by atoms with Crippen LogP contribution in [0.4, 0.5) is 22.7 Å². The molecule has 0 aliphatic rings. The molecule has 0 spiro atoms. The number of azo groups is 1. The lowest BCUT2D eigenvalue weighted by molar-refractivity contribution is -0.113. The minimum Gasteiger partial charge on any atom is -0.510 e. The van der Waals surface area contributed by atoms with Crippen molar-refractivity contribution in [3.8, 4) is 0 Å². The Morgan fingerprint density at radius 1 is 1.12 bits per heavy atom. The number of aliphatic hydroxyl groups is 1. The van der Waals surface area contributed by atoms with Gasteiger partial charge in [0.15, 0.2) is 5.70 Å². The van der Waals surface area contributed by atoms with Gasteiger partial charge in [-0.3, -0.25) is 10.6 Å². The monoisotopic (exact) mass is 326 g/mol. The predicted octanol–water partition coefficient (Wildman–Crippen LogP) is 3.07. The van der Waals surface area contributed by atoms with Gasteiger partial charge in [0.25, 0.3) is 5.91 Å². The molecule has 0 aromatic heterocycles. The summed E-state index contributed by atoms with van der Waals surface area (Å²) < 4.78 is 0. The van der Waals surface area contributed by atoms with Gasteiger partial charge in [0.1, 0.15) is 5.76 Å². The number of hydrazine groups is 1. The van der Waals surface area contributed by atoms with Crippen LogP contribution in [0.2, 0.25) is 0 Å². The summed E-state index contributed by atoms with van der Waals surface area (Å²) in [6, 6.07) is 13.5. The van der Waals surface area contributed by atoms with Crippen LogP contribution < -0.4 is 22.3 Å². The van der Waals surface area contributed by atoms with E-state index in [2.05, 4.69) is 21.0 Å². The first-order chi connectivity index (χ1) is 11.5. The average molecular weight is 326 g/mol. The molecule has 24 heavy (non-hydrogen) atoms. The number of carbonyl (C=O) groups is 1. The summed E-state index contributed by atoms with van der Waals surface area (Å²) >= 11 is 0. The molecule has 2 rings (SSSR count). The topological polar surface area (TPSA) is 138 Å². The first-order valence-electron chi connectivity index (χ1n) is 7.05. The highest BCUT2D eigenvalue weighted by Crippen LogP contribution is 2.19. The van der Waals surface area contributed by atoms with Crippen LogP contribution in [0.15, 0.2) is 70.2 Å². The van der Waals surface area contributed by atoms with Crippen molar-refractivity contribution in [1.29, 1.82) is 0 Å². The molecule has 0 radical (unpaired) electrons. The molecule has 0 aliphatic heterocycles. The zero-order valence-corrected chi connectivity index (χ0v) is 13.0. The maximum absolute atomic E-state index is 12.3. The first-order valence-corrected chi connectivity index (χ1v) is 7.05. The summed E-state index contributed by atoms with van der Waals surface area (Å²) in [5, 5.41) is 20.1. The second-order valence-corrected chi connectivity index (χ2v) is 4.91. The molecule has 2 aromatic rings. The number of aliphatic hydroxyl groups excluding tert-OH is 1. The maximum Gasteiger partial charge on any atom is 0.279 e. The largest absolute Gasteiger partial charge is 0.510 e. The van der Waals surface area contributed by atoms with E-state index >= 15 is 0 Å². The minimum absolute atomic E-state index is 0.205. The van der Waals surface area contributed by atoms with Crippen molar-refractivity contribution in [1.82, 2.24) is 0 Å². The number of hydrogen-bond donors (Lipinski definition) is 5. The van der Waals surface area contributed by atoms with Crippen molar-refractivity contribution < 1.29 is 9.90 Å². The number of nitrogens with zero attached hydrogens (tertiary/aromatic N) is 2. The van der Waals surface area contributed by atoms with Crippen molar-refractivity contribution >= 4 is 28.7 Å². The van der Waals surface area contributed by atoms with E-state index in [9.17, 15) is 9.90 Å². The molecular formula is C16H18N6O2. The van der Waals surface area contributed by atoms with Crippen LogP contribution in [-0.2, 0) is 4.79 Å². The Balaban J connectivity index is 2.18. The number of allylic oxidation sites excluding steroid dienone is 1. The van der Waals surface area contributed by atoms with E-state index in [0.29, 0.717) is 22.7 Å². The second kappa shape index (κ2) is 7.75. The van der Waals surface area contributed by atoms with Crippen molar-refractivity contribution in [2.75, 3.05) is 16.5 Å². The molecule has 0 unspecified atom stereocenters. The Morgan fingerprint density at radius 3 is 2.50 bits per heavy atom. The fourth-order valence-electron chi connectivity index (χ4n) is 1.85.